The maximum absolute atomic E-state index is 5.35. The third kappa shape index (κ3) is 3.37. The van der Waals surface area contributed by atoms with E-state index in [-0.39, 0.29) is 0 Å². The standard InChI is InChI=1S/C14H21NO2/c1-16-13-7-3-11(4-8-13)15-12-5-9-14(17-2)10-6-12/h3,5,7,14-15H,4,6,8-10H2,1-2H3. The van der Waals surface area contributed by atoms with E-state index in [2.05, 4.69) is 17.5 Å². The molecular weight excluding hydrogens is 214 g/mol. The number of methoxy groups -OCH3 is 2. The molecule has 0 spiro atoms. The summed E-state index contributed by atoms with van der Waals surface area (Å²) in [6.07, 6.45) is 12.1. The zero-order valence-electron chi connectivity index (χ0n) is 10.7. The second-order valence-electron chi connectivity index (χ2n) is 4.52. The van der Waals surface area contributed by atoms with Crippen LogP contribution in [0.25, 0.3) is 0 Å². The summed E-state index contributed by atoms with van der Waals surface area (Å²) >= 11 is 0. The van der Waals surface area contributed by atoms with Crippen molar-refractivity contribution in [3.05, 3.63) is 35.4 Å². The first-order chi connectivity index (χ1) is 8.31. The first-order valence-corrected chi connectivity index (χ1v) is 6.24. The third-order valence-electron chi connectivity index (χ3n) is 3.39. The van der Waals surface area contributed by atoms with Crippen molar-refractivity contribution in [2.24, 2.45) is 0 Å². The van der Waals surface area contributed by atoms with Gasteiger partial charge in [-0.25, -0.2) is 0 Å². The summed E-state index contributed by atoms with van der Waals surface area (Å²) in [6.45, 7) is 0. The number of rotatable bonds is 4. The Morgan fingerprint density at radius 3 is 2.53 bits per heavy atom. The van der Waals surface area contributed by atoms with Crippen LogP contribution in [0.4, 0.5) is 0 Å². The van der Waals surface area contributed by atoms with Crippen molar-refractivity contribution in [2.75, 3.05) is 14.2 Å². The Kier molecular flexibility index (Phi) is 4.26. The normalized spacial score (nSPS) is 24.6. The molecule has 17 heavy (non-hydrogen) atoms. The van der Waals surface area contributed by atoms with Gasteiger partial charge in [0.1, 0.15) is 0 Å². The van der Waals surface area contributed by atoms with E-state index in [0.29, 0.717) is 6.10 Å². The summed E-state index contributed by atoms with van der Waals surface area (Å²) in [5.41, 5.74) is 2.62. The highest BCUT2D eigenvalue weighted by Crippen LogP contribution is 2.22. The minimum Gasteiger partial charge on any atom is -0.501 e. The summed E-state index contributed by atoms with van der Waals surface area (Å²) in [6, 6.07) is 0. The van der Waals surface area contributed by atoms with Crippen molar-refractivity contribution in [3.63, 3.8) is 0 Å². The monoisotopic (exact) mass is 235 g/mol. The van der Waals surface area contributed by atoms with Gasteiger partial charge in [-0.15, -0.1) is 0 Å². The van der Waals surface area contributed by atoms with E-state index < -0.39 is 0 Å². The van der Waals surface area contributed by atoms with Crippen molar-refractivity contribution < 1.29 is 9.47 Å². The van der Waals surface area contributed by atoms with Gasteiger partial charge in [0.25, 0.3) is 0 Å². The lowest BCUT2D eigenvalue weighted by Crippen LogP contribution is -2.21. The molecule has 0 heterocycles. The van der Waals surface area contributed by atoms with Gasteiger partial charge in [-0.2, -0.15) is 0 Å². The van der Waals surface area contributed by atoms with E-state index in [9.17, 15) is 0 Å². The molecule has 0 fully saturated rings. The topological polar surface area (TPSA) is 30.5 Å². The predicted molar refractivity (Wildman–Crippen MR) is 68.3 cm³/mol. The van der Waals surface area contributed by atoms with Crippen LogP contribution < -0.4 is 5.32 Å². The Labute approximate surface area is 103 Å². The average molecular weight is 235 g/mol. The molecule has 2 rings (SSSR count). The molecule has 0 aromatic rings. The fourth-order valence-corrected chi connectivity index (χ4v) is 2.24. The third-order valence-corrected chi connectivity index (χ3v) is 3.39. The van der Waals surface area contributed by atoms with Gasteiger partial charge >= 0.3 is 0 Å². The first-order valence-electron chi connectivity index (χ1n) is 6.24. The van der Waals surface area contributed by atoms with Crippen LogP contribution in [0.5, 0.6) is 0 Å². The number of ether oxygens (including phenoxy) is 2. The molecule has 0 amide bonds. The summed E-state index contributed by atoms with van der Waals surface area (Å²) in [5.74, 6) is 1.06. The van der Waals surface area contributed by atoms with E-state index in [0.717, 1.165) is 37.9 Å². The number of hydrogen-bond donors (Lipinski definition) is 1. The van der Waals surface area contributed by atoms with Crippen LogP contribution in [0.15, 0.2) is 35.4 Å². The van der Waals surface area contributed by atoms with Crippen LogP contribution in [-0.2, 0) is 9.47 Å². The zero-order chi connectivity index (χ0) is 12.1. The highest BCUT2D eigenvalue weighted by atomic mass is 16.5. The van der Waals surface area contributed by atoms with Crippen molar-refractivity contribution in [2.45, 2.75) is 38.2 Å². The summed E-state index contributed by atoms with van der Waals surface area (Å²) < 4.78 is 10.6. The van der Waals surface area contributed by atoms with Gasteiger partial charge in [0, 0.05) is 24.9 Å². The molecule has 0 aromatic carbocycles. The van der Waals surface area contributed by atoms with Crippen LogP contribution in [-0.4, -0.2) is 20.3 Å². The zero-order valence-corrected chi connectivity index (χ0v) is 10.7. The van der Waals surface area contributed by atoms with Crippen LogP contribution in [0.2, 0.25) is 0 Å². The van der Waals surface area contributed by atoms with Gasteiger partial charge in [0.15, 0.2) is 0 Å². The van der Waals surface area contributed by atoms with Crippen molar-refractivity contribution >= 4 is 0 Å². The molecule has 1 unspecified atom stereocenters. The maximum Gasteiger partial charge on any atom is 0.0959 e. The number of allylic oxidation sites excluding steroid dienone is 5. The molecule has 1 atom stereocenters. The summed E-state index contributed by atoms with van der Waals surface area (Å²) in [7, 11) is 3.52. The Balaban J connectivity index is 1.88. The Morgan fingerprint density at radius 2 is 2.00 bits per heavy atom. The molecule has 0 bridgehead atoms. The molecule has 94 valence electrons. The molecule has 3 heteroatoms. The van der Waals surface area contributed by atoms with E-state index in [1.54, 1.807) is 14.2 Å². The Morgan fingerprint density at radius 1 is 1.12 bits per heavy atom. The smallest absolute Gasteiger partial charge is 0.0959 e. The lowest BCUT2D eigenvalue weighted by atomic mass is 10.0. The highest BCUT2D eigenvalue weighted by molar-refractivity contribution is 5.23. The van der Waals surface area contributed by atoms with E-state index in [1.807, 2.05) is 6.08 Å². The van der Waals surface area contributed by atoms with Gasteiger partial charge in [0.05, 0.1) is 19.0 Å². The summed E-state index contributed by atoms with van der Waals surface area (Å²) in [5, 5.41) is 3.51. The minimum absolute atomic E-state index is 0.404. The Hall–Kier alpha value is -1.22. The highest BCUT2D eigenvalue weighted by Gasteiger charge is 2.14. The van der Waals surface area contributed by atoms with Crippen LogP contribution in [0.3, 0.4) is 0 Å². The lowest BCUT2D eigenvalue weighted by molar-refractivity contribution is 0.0934. The van der Waals surface area contributed by atoms with Crippen molar-refractivity contribution in [3.8, 4) is 0 Å². The second-order valence-corrected chi connectivity index (χ2v) is 4.52. The molecular formula is C14H21NO2. The van der Waals surface area contributed by atoms with Gasteiger partial charge in [0.2, 0.25) is 0 Å². The second kappa shape index (κ2) is 5.92. The van der Waals surface area contributed by atoms with Gasteiger partial charge in [-0.3, -0.25) is 0 Å². The molecule has 0 saturated heterocycles. The van der Waals surface area contributed by atoms with Crippen molar-refractivity contribution in [1.29, 1.82) is 0 Å². The van der Waals surface area contributed by atoms with Crippen LogP contribution in [0.1, 0.15) is 32.1 Å². The molecule has 0 saturated carbocycles. The Bertz CT molecular complexity index is 355. The average Bonchev–Trinajstić information content (AvgIpc) is 2.40. The SMILES string of the molecule is COC1=CC=C(NC2=CCC(OC)CC2)CC1. The molecule has 1 N–H and O–H groups in total. The molecule has 0 radical (unpaired) electrons. The molecule has 3 nitrogen and oxygen atoms in total. The van der Waals surface area contributed by atoms with Crippen LogP contribution in [0, 0.1) is 0 Å². The van der Waals surface area contributed by atoms with Gasteiger partial charge in [-0.05, 0) is 37.8 Å². The van der Waals surface area contributed by atoms with E-state index in [4.69, 9.17) is 9.47 Å². The van der Waals surface area contributed by atoms with Crippen LogP contribution >= 0.6 is 0 Å². The quantitative estimate of drug-likeness (QED) is 0.812. The van der Waals surface area contributed by atoms with E-state index in [1.165, 1.54) is 11.4 Å². The number of hydrogen-bond acceptors (Lipinski definition) is 3. The predicted octanol–water partition coefficient (Wildman–Crippen LogP) is 2.87. The maximum atomic E-state index is 5.35. The molecule has 0 aromatic heterocycles. The first kappa shape index (κ1) is 12.2. The molecule has 0 aliphatic heterocycles. The lowest BCUT2D eigenvalue weighted by Gasteiger charge is -2.23. The summed E-state index contributed by atoms with van der Waals surface area (Å²) in [4.78, 5) is 0. The minimum atomic E-state index is 0.404. The fourth-order valence-electron chi connectivity index (χ4n) is 2.24. The van der Waals surface area contributed by atoms with Gasteiger partial charge in [-0.1, -0.05) is 6.08 Å². The van der Waals surface area contributed by atoms with E-state index >= 15 is 0 Å². The largest absolute Gasteiger partial charge is 0.501 e. The number of nitrogens with one attached hydrogen (secondary N) is 1. The fraction of sp³-hybridized carbons (Fsp3) is 0.571. The van der Waals surface area contributed by atoms with Crippen molar-refractivity contribution in [1.82, 2.24) is 5.32 Å². The molecule has 2 aliphatic rings. The van der Waals surface area contributed by atoms with Gasteiger partial charge < -0.3 is 14.8 Å². The molecule has 2 aliphatic carbocycles.